The monoisotopic (exact) mass is 411 g/mol. The maximum atomic E-state index is 12.0. The van der Waals surface area contributed by atoms with Crippen LogP contribution in [0.25, 0.3) is 11.3 Å². The minimum atomic E-state index is -0.390. The lowest BCUT2D eigenvalue weighted by atomic mass is 9.88. The lowest BCUT2D eigenvalue weighted by Gasteiger charge is -2.30. The lowest BCUT2D eigenvalue weighted by Crippen LogP contribution is -2.38. The summed E-state index contributed by atoms with van der Waals surface area (Å²) in [6.45, 7) is 3.89. The number of urea groups is 1. The summed E-state index contributed by atoms with van der Waals surface area (Å²) in [5.41, 5.74) is 4.63. The van der Waals surface area contributed by atoms with Gasteiger partial charge in [-0.15, -0.1) is 11.3 Å². The molecule has 2 amide bonds. The average Bonchev–Trinajstić information content (AvgIpc) is 3.13. The zero-order valence-corrected chi connectivity index (χ0v) is 16.9. The van der Waals surface area contributed by atoms with Crippen LogP contribution in [0.4, 0.5) is 4.79 Å². The van der Waals surface area contributed by atoms with Gasteiger partial charge in [0.25, 0.3) is 0 Å². The second-order valence-corrected chi connectivity index (χ2v) is 8.10. The number of hydrogen-bond acceptors (Lipinski definition) is 4. The van der Waals surface area contributed by atoms with Gasteiger partial charge in [-0.1, -0.05) is 47.5 Å². The fraction of sp³-hybridized carbons (Fsp3) is 0.190. The minimum Gasteiger partial charge on any atom is -0.506 e. The van der Waals surface area contributed by atoms with Crippen LogP contribution in [0.3, 0.4) is 0 Å². The zero-order valence-electron chi connectivity index (χ0n) is 15.3. The number of thiazole rings is 1. The molecule has 0 aliphatic carbocycles. The highest BCUT2D eigenvalue weighted by Crippen LogP contribution is 2.39. The number of carbonyl (C=O) groups excluding carboxylic acids is 1. The summed E-state index contributed by atoms with van der Waals surface area (Å²) in [6.07, 6.45) is 0. The van der Waals surface area contributed by atoms with Gasteiger partial charge in [-0.2, -0.15) is 0 Å². The number of amides is 2. The smallest absolute Gasteiger partial charge is 0.341 e. The molecule has 1 aliphatic heterocycles. The van der Waals surface area contributed by atoms with E-state index in [1.165, 1.54) is 11.6 Å². The van der Waals surface area contributed by atoms with Crippen molar-refractivity contribution < 1.29 is 9.90 Å². The Balaban J connectivity index is 1.74. The Hall–Kier alpha value is -2.70. The number of aryl methyl sites for hydroxylation is 1. The number of hydrogen-bond donors (Lipinski definition) is 2. The molecular formula is C21H18ClN3O2S. The van der Waals surface area contributed by atoms with Crippen molar-refractivity contribution in [2.24, 2.45) is 4.99 Å². The van der Waals surface area contributed by atoms with Gasteiger partial charge in [-0.05, 0) is 31.5 Å². The molecule has 2 unspecified atom stereocenters. The largest absolute Gasteiger partial charge is 0.506 e. The number of nitrogens with one attached hydrogen (secondary N) is 1. The minimum absolute atomic E-state index is 0.00500. The van der Waals surface area contributed by atoms with E-state index >= 15 is 0 Å². The highest BCUT2D eigenvalue weighted by atomic mass is 35.5. The number of phenolic OH excluding ortho intramolecular Hbond substituents is 1. The molecule has 7 heteroatoms. The molecule has 1 aliphatic rings. The molecule has 0 saturated carbocycles. The fourth-order valence-corrected chi connectivity index (χ4v) is 4.54. The number of carbonyl (C=O) groups is 1. The molecule has 142 valence electrons. The molecule has 5 nitrogen and oxygen atoms in total. The van der Waals surface area contributed by atoms with Crippen molar-refractivity contribution in [1.82, 2.24) is 10.3 Å². The van der Waals surface area contributed by atoms with Gasteiger partial charge in [0, 0.05) is 16.7 Å². The van der Waals surface area contributed by atoms with Crippen LogP contribution >= 0.6 is 22.9 Å². The van der Waals surface area contributed by atoms with Gasteiger partial charge < -0.3 is 10.4 Å². The third-order valence-corrected chi connectivity index (χ3v) is 6.04. The van der Waals surface area contributed by atoms with Gasteiger partial charge in [-0.3, -0.25) is 0 Å². The van der Waals surface area contributed by atoms with Gasteiger partial charge in [-0.25, -0.2) is 14.8 Å². The molecule has 3 aromatic rings. The van der Waals surface area contributed by atoms with Gasteiger partial charge >= 0.3 is 6.03 Å². The van der Waals surface area contributed by atoms with E-state index in [9.17, 15) is 9.90 Å². The quantitative estimate of drug-likeness (QED) is 0.598. The van der Waals surface area contributed by atoms with Crippen molar-refractivity contribution in [1.29, 1.82) is 0 Å². The molecule has 0 fully saturated rings. The standard InChI is InChI=1S/C21H18ClN3O2S/c1-11-3-5-13(6-4-11)16-10-28-20(24-16)18-12(2)23-21(27)25-19(18)14-7-8-17(26)15(22)9-14/h3-10,18-19,26H,1-2H3,(H,25,27). The first-order chi connectivity index (χ1) is 13.4. The van der Waals surface area contributed by atoms with Crippen molar-refractivity contribution in [2.75, 3.05) is 0 Å². The molecule has 2 atom stereocenters. The van der Waals surface area contributed by atoms with E-state index in [1.54, 1.807) is 23.5 Å². The SMILES string of the molecule is CC1=NC(=O)NC(c2ccc(O)c(Cl)c2)C1c1nc(-c2ccc(C)cc2)cs1. The van der Waals surface area contributed by atoms with Gasteiger partial charge in [0.2, 0.25) is 0 Å². The normalized spacial score (nSPS) is 19.2. The fourth-order valence-electron chi connectivity index (χ4n) is 3.32. The Morgan fingerprint density at radius 1 is 1.14 bits per heavy atom. The Kier molecular flexibility index (Phi) is 4.91. The highest BCUT2D eigenvalue weighted by molar-refractivity contribution is 7.10. The number of nitrogens with zero attached hydrogens (tertiary/aromatic N) is 2. The van der Waals surface area contributed by atoms with Gasteiger partial charge in [0.15, 0.2) is 0 Å². The zero-order chi connectivity index (χ0) is 19.8. The molecule has 2 aromatic carbocycles. The van der Waals surface area contributed by atoms with Crippen LogP contribution in [0.1, 0.15) is 35.0 Å². The van der Waals surface area contributed by atoms with Crippen LogP contribution in [-0.4, -0.2) is 21.8 Å². The van der Waals surface area contributed by atoms with E-state index < -0.39 is 6.03 Å². The first kappa shape index (κ1) is 18.7. The number of rotatable bonds is 3. The van der Waals surface area contributed by atoms with Crippen molar-refractivity contribution in [2.45, 2.75) is 25.8 Å². The lowest BCUT2D eigenvalue weighted by molar-refractivity contribution is 0.243. The number of phenols is 1. The summed E-state index contributed by atoms with van der Waals surface area (Å²) in [6, 6.07) is 12.4. The van der Waals surface area contributed by atoms with Gasteiger partial charge in [0.05, 0.1) is 22.7 Å². The molecule has 0 saturated heterocycles. The summed E-state index contributed by atoms with van der Waals surface area (Å²) in [5, 5.41) is 15.8. The van der Waals surface area contributed by atoms with E-state index in [4.69, 9.17) is 16.6 Å². The third kappa shape index (κ3) is 3.53. The number of aromatic hydroxyl groups is 1. The molecule has 28 heavy (non-hydrogen) atoms. The van der Waals surface area contributed by atoms with Crippen molar-refractivity contribution in [3.05, 3.63) is 69.0 Å². The second-order valence-electron chi connectivity index (χ2n) is 6.81. The summed E-state index contributed by atoms with van der Waals surface area (Å²) >= 11 is 7.63. The Morgan fingerprint density at radius 3 is 2.61 bits per heavy atom. The van der Waals surface area contributed by atoms with Crippen LogP contribution in [0.15, 0.2) is 52.8 Å². The number of benzene rings is 2. The maximum absolute atomic E-state index is 12.0. The molecule has 4 rings (SSSR count). The molecule has 2 heterocycles. The van der Waals surface area contributed by atoms with E-state index in [2.05, 4.69) is 34.6 Å². The first-order valence-corrected chi connectivity index (χ1v) is 10.0. The van der Waals surface area contributed by atoms with Crippen LogP contribution in [0, 0.1) is 6.92 Å². The van der Waals surface area contributed by atoms with Crippen molar-refractivity contribution >= 4 is 34.7 Å². The van der Waals surface area contributed by atoms with E-state index in [0.717, 1.165) is 21.8 Å². The van der Waals surface area contributed by atoms with Crippen LogP contribution in [0.5, 0.6) is 5.75 Å². The molecule has 0 spiro atoms. The second kappa shape index (κ2) is 7.37. The van der Waals surface area contributed by atoms with Gasteiger partial charge in [0.1, 0.15) is 10.8 Å². The number of halogens is 1. The molecule has 0 radical (unpaired) electrons. The summed E-state index contributed by atoms with van der Waals surface area (Å²) in [5.74, 6) is -0.201. The van der Waals surface area contributed by atoms with Crippen LogP contribution in [-0.2, 0) is 0 Å². The highest BCUT2D eigenvalue weighted by Gasteiger charge is 2.35. The number of aromatic nitrogens is 1. The van der Waals surface area contributed by atoms with E-state index in [0.29, 0.717) is 5.71 Å². The van der Waals surface area contributed by atoms with Crippen molar-refractivity contribution in [3.8, 4) is 17.0 Å². The van der Waals surface area contributed by atoms with Crippen molar-refractivity contribution in [3.63, 3.8) is 0 Å². The van der Waals surface area contributed by atoms with E-state index in [1.807, 2.05) is 19.2 Å². The van der Waals surface area contributed by atoms with Crippen LogP contribution < -0.4 is 5.32 Å². The summed E-state index contributed by atoms with van der Waals surface area (Å²) in [4.78, 5) is 21.0. The van der Waals surface area contributed by atoms with E-state index in [-0.39, 0.29) is 22.7 Å². The molecule has 2 N–H and O–H groups in total. The average molecular weight is 412 g/mol. The molecule has 1 aromatic heterocycles. The Bertz CT molecular complexity index is 1080. The Labute approximate surface area is 171 Å². The third-order valence-electron chi connectivity index (χ3n) is 4.81. The predicted molar refractivity (Wildman–Crippen MR) is 113 cm³/mol. The predicted octanol–water partition coefficient (Wildman–Crippen LogP) is 5.49. The van der Waals surface area contributed by atoms with Crippen LogP contribution in [0.2, 0.25) is 5.02 Å². The summed E-state index contributed by atoms with van der Waals surface area (Å²) < 4.78 is 0. The summed E-state index contributed by atoms with van der Waals surface area (Å²) in [7, 11) is 0. The first-order valence-electron chi connectivity index (χ1n) is 8.79. The topological polar surface area (TPSA) is 74.6 Å². The Morgan fingerprint density at radius 2 is 1.89 bits per heavy atom. The molecular weight excluding hydrogens is 394 g/mol. The maximum Gasteiger partial charge on any atom is 0.341 e. The molecule has 0 bridgehead atoms. The number of aliphatic imine (C=N–C) groups is 1.